The fraction of sp³-hybridized carbons (Fsp3) is 0.750. The molecular weight excluding hydrogens is 218 g/mol. The normalized spacial score (nSPS) is 29.9. The van der Waals surface area contributed by atoms with Gasteiger partial charge in [0, 0.05) is 25.6 Å². The quantitative estimate of drug-likeness (QED) is 0.709. The van der Waals surface area contributed by atoms with Gasteiger partial charge in [0.1, 0.15) is 5.92 Å². The molecule has 0 bridgehead atoms. The molecule has 2 heterocycles. The number of nitrogens with zero attached hydrogens (tertiary/aromatic N) is 2. The van der Waals surface area contributed by atoms with Gasteiger partial charge in [0.15, 0.2) is 0 Å². The monoisotopic (exact) mass is 235 g/mol. The summed E-state index contributed by atoms with van der Waals surface area (Å²) in [6.45, 7) is 2.96. The van der Waals surface area contributed by atoms with Gasteiger partial charge in [-0.3, -0.25) is 9.59 Å². The predicted molar refractivity (Wildman–Crippen MR) is 60.6 cm³/mol. The highest BCUT2D eigenvalue weighted by Crippen LogP contribution is 2.26. The highest BCUT2D eigenvalue weighted by Gasteiger charge is 2.36. The van der Waals surface area contributed by atoms with E-state index >= 15 is 0 Å². The molecule has 5 heteroatoms. The highest BCUT2D eigenvalue weighted by atomic mass is 16.2. The van der Waals surface area contributed by atoms with E-state index in [1.165, 1.54) is 0 Å². The van der Waals surface area contributed by atoms with Crippen LogP contribution >= 0.6 is 0 Å². The lowest BCUT2D eigenvalue weighted by Crippen LogP contribution is -2.55. The Kier molecular flexibility index (Phi) is 3.32. The molecule has 92 valence electrons. The van der Waals surface area contributed by atoms with Crippen LogP contribution in [-0.4, -0.2) is 35.8 Å². The number of nitriles is 1. The van der Waals surface area contributed by atoms with Crippen LogP contribution < -0.4 is 5.32 Å². The van der Waals surface area contributed by atoms with Crippen LogP contribution in [0.15, 0.2) is 0 Å². The number of rotatable bonds is 1. The van der Waals surface area contributed by atoms with Crippen molar-refractivity contribution in [2.24, 2.45) is 11.8 Å². The maximum atomic E-state index is 11.9. The molecule has 2 fully saturated rings. The molecule has 2 aliphatic rings. The fourth-order valence-corrected chi connectivity index (χ4v) is 2.64. The summed E-state index contributed by atoms with van der Waals surface area (Å²) in [5.74, 6) is -0.166. The zero-order chi connectivity index (χ0) is 12.4. The van der Waals surface area contributed by atoms with Crippen LogP contribution in [0.1, 0.15) is 26.2 Å². The minimum Gasteiger partial charge on any atom is -0.353 e. The van der Waals surface area contributed by atoms with E-state index in [0.717, 1.165) is 12.8 Å². The van der Waals surface area contributed by atoms with Crippen LogP contribution in [0.3, 0.4) is 0 Å². The SMILES string of the molecule is CC(C#N)C(=O)N1CCC2NC(=O)CCC2C1. The van der Waals surface area contributed by atoms with Crippen LogP contribution in [0, 0.1) is 23.2 Å². The largest absolute Gasteiger partial charge is 0.353 e. The molecule has 2 amide bonds. The molecule has 0 aromatic heterocycles. The van der Waals surface area contributed by atoms with Gasteiger partial charge in [0.25, 0.3) is 0 Å². The maximum Gasteiger partial charge on any atom is 0.239 e. The zero-order valence-corrected chi connectivity index (χ0v) is 9.98. The van der Waals surface area contributed by atoms with Crippen molar-refractivity contribution >= 4 is 11.8 Å². The molecule has 3 atom stereocenters. The van der Waals surface area contributed by atoms with Crippen molar-refractivity contribution in [1.29, 1.82) is 5.26 Å². The smallest absolute Gasteiger partial charge is 0.239 e. The first-order chi connectivity index (χ1) is 8.11. The summed E-state index contributed by atoms with van der Waals surface area (Å²) in [6, 6.07) is 2.20. The van der Waals surface area contributed by atoms with Gasteiger partial charge in [0.05, 0.1) is 6.07 Å². The Morgan fingerprint density at radius 2 is 2.35 bits per heavy atom. The number of likely N-dealkylation sites (tertiary alicyclic amines) is 1. The maximum absolute atomic E-state index is 11.9. The van der Waals surface area contributed by atoms with Crippen molar-refractivity contribution in [2.75, 3.05) is 13.1 Å². The van der Waals surface area contributed by atoms with Crippen molar-refractivity contribution in [2.45, 2.75) is 32.2 Å². The van der Waals surface area contributed by atoms with Gasteiger partial charge in [-0.2, -0.15) is 5.26 Å². The molecule has 0 radical (unpaired) electrons. The number of amides is 2. The average Bonchev–Trinajstić information content (AvgIpc) is 2.36. The first-order valence-electron chi connectivity index (χ1n) is 6.09. The van der Waals surface area contributed by atoms with Gasteiger partial charge in [-0.25, -0.2) is 0 Å². The molecule has 17 heavy (non-hydrogen) atoms. The lowest BCUT2D eigenvalue weighted by Gasteiger charge is -2.41. The number of nitrogens with one attached hydrogen (secondary N) is 1. The summed E-state index contributed by atoms with van der Waals surface area (Å²) in [5, 5.41) is 11.7. The van der Waals surface area contributed by atoms with Crippen LogP contribution in [0.2, 0.25) is 0 Å². The van der Waals surface area contributed by atoms with Crippen molar-refractivity contribution in [3.05, 3.63) is 0 Å². The van der Waals surface area contributed by atoms with Gasteiger partial charge in [-0.15, -0.1) is 0 Å². The van der Waals surface area contributed by atoms with Crippen molar-refractivity contribution in [3.8, 4) is 6.07 Å². The Morgan fingerprint density at radius 3 is 3.06 bits per heavy atom. The fourth-order valence-electron chi connectivity index (χ4n) is 2.64. The lowest BCUT2D eigenvalue weighted by atomic mass is 9.85. The van der Waals surface area contributed by atoms with Crippen LogP contribution in [-0.2, 0) is 9.59 Å². The number of piperidine rings is 2. The van der Waals surface area contributed by atoms with Gasteiger partial charge in [-0.05, 0) is 25.7 Å². The zero-order valence-electron chi connectivity index (χ0n) is 9.98. The highest BCUT2D eigenvalue weighted by molar-refractivity contribution is 5.81. The van der Waals surface area contributed by atoms with E-state index in [-0.39, 0.29) is 17.9 Å². The van der Waals surface area contributed by atoms with E-state index < -0.39 is 5.92 Å². The molecule has 1 N–H and O–H groups in total. The van der Waals surface area contributed by atoms with Crippen molar-refractivity contribution in [3.63, 3.8) is 0 Å². The molecule has 2 aliphatic heterocycles. The van der Waals surface area contributed by atoms with Crippen LogP contribution in [0.25, 0.3) is 0 Å². The van der Waals surface area contributed by atoms with Gasteiger partial charge < -0.3 is 10.2 Å². The summed E-state index contributed by atoms with van der Waals surface area (Å²) >= 11 is 0. The topological polar surface area (TPSA) is 73.2 Å². The second kappa shape index (κ2) is 4.74. The summed E-state index contributed by atoms with van der Waals surface area (Å²) in [5.41, 5.74) is 0. The summed E-state index contributed by atoms with van der Waals surface area (Å²) in [6.07, 6.45) is 2.21. The van der Waals surface area contributed by atoms with Gasteiger partial charge in [0.2, 0.25) is 11.8 Å². The predicted octanol–water partition coefficient (Wildman–Crippen LogP) is 0.273. The van der Waals surface area contributed by atoms with E-state index in [2.05, 4.69) is 5.32 Å². The van der Waals surface area contributed by atoms with Gasteiger partial charge in [-0.1, -0.05) is 0 Å². The van der Waals surface area contributed by atoms with E-state index in [4.69, 9.17) is 5.26 Å². The third-order valence-corrected chi connectivity index (χ3v) is 3.70. The summed E-state index contributed by atoms with van der Waals surface area (Å²) < 4.78 is 0. The van der Waals surface area contributed by atoms with E-state index in [9.17, 15) is 9.59 Å². The van der Waals surface area contributed by atoms with Crippen molar-refractivity contribution in [1.82, 2.24) is 10.2 Å². The Morgan fingerprint density at radius 1 is 1.59 bits per heavy atom. The van der Waals surface area contributed by atoms with Crippen LogP contribution in [0.4, 0.5) is 0 Å². The second-order valence-electron chi connectivity index (χ2n) is 4.90. The molecule has 3 unspecified atom stereocenters. The number of fused-ring (bicyclic) bond motifs is 1. The minimum absolute atomic E-state index is 0.0807. The van der Waals surface area contributed by atoms with E-state index in [1.807, 2.05) is 6.07 Å². The molecule has 0 aromatic rings. The van der Waals surface area contributed by atoms with E-state index in [1.54, 1.807) is 11.8 Å². The van der Waals surface area contributed by atoms with E-state index in [0.29, 0.717) is 25.4 Å². The van der Waals surface area contributed by atoms with Gasteiger partial charge >= 0.3 is 0 Å². The molecular formula is C12H17N3O2. The van der Waals surface area contributed by atoms with Crippen molar-refractivity contribution < 1.29 is 9.59 Å². The number of carbonyl (C=O) groups is 2. The Labute approximate surface area is 101 Å². The molecule has 2 rings (SSSR count). The third kappa shape index (κ3) is 2.41. The Balaban J connectivity index is 1.97. The molecule has 0 aliphatic carbocycles. The number of hydrogen-bond donors (Lipinski definition) is 1. The molecule has 0 saturated carbocycles. The standard InChI is InChI=1S/C12H17N3O2/c1-8(6-13)12(17)15-5-4-10-9(7-15)2-3-11(16)14-10/h8-10H,2-5,7H2,1H3,(H,14,16). The number of carbonyl (C=O) groups excluding carboxylic acids is 2. The lowest BCUT2D eigenvalue weighted by molar-refractivity contribution is -0.136. The van der Waals surface area contributed by atoms with Crippen LogP contribution in [0.5, 0.6) is 0 Å². The first kappa shape index (κ1) is 11.9. The molecule has 0 spiro atoms. The third-order valence-electron chi connectivity index (χ3n) is 3.70. The molecule has 5 nitrogen and oxygen atoms in total. The number of hydrogen-bond acceptors (Lipinski definition) is 3. The summed E-state index contributed by atoms with van der Waals surface area (Å²) in [7, 11) is 0. The molecule has 0 aromatic carbocycles. The Bertz CT molecular complexity index is 374. The molecule has 2 saturated heterocycles. The summed E-state index contributed by atoms with van der Waals surface area (Å²) in [4.78, 5) is 24.9. The average molecular weight is 235 g/mol. The minimum atomic E-state index is -0.565. The second-order valence-corrected chi connectivity index (χ2v) is 4.90. The Hall–Kier alpha value is -1.57. The first-order valence-corrected chi connectivity index (χ1v) is 6.09.